The van der Waals surface area contributed by atoms with Crippen LogP contribution in [-0.4, -0.2) is 6.17 Å². The van der Waals surface area contributed by atoms with Crippen LogP contribution in [0.1, 0.15) is 13.3 Å². The topological polar surface area (TPSA) is 78.1 Å². The number of rotatable bonds is 2. The number of hydrogen-bond acceptors (Lipinski definition) is 3. The van der Waals surface area contributed by atoms with Crippen molar-refractivity contribution in [3.63, 3.8) is 0 Å². The van der Waals surface area contributed by atoms with Crippen molar-refractivity contribution in [1.29, 1.82) is 0 Å². The molecule has 0 aromatic carbocycles. The van der Waals surface area contributed by atoms with Crippen LogP contribution in [0.5, 0.6) is 0 Å². The van der Waals surface area contributed by atoms with Crippen LogP contribution in [0.4, 0.5) is 0 Å². The lowest BCUT2D eigenvalue weighted by atomic mass is 10.2. The fourth-order valence-electron chi connectivity index (χ4n) is 0.465. The van der Waals surface area contributed by atoms with E-state index >= 15 is 0 Å². The minimum atomic E-state index is -0.384. The van der Waals surface area contributed by atoms with Gasteiger partial charge in [0, 0.05) is 0 Å². The number of nitrogens with two attached hydrogens (primary N) is 3. The van der Waals surface area contributed by atoms with Crippen LogP contribution in [0, 0.1) is 0 Å². The molecule has 0 rings (SSSR count). The van der Waals surface area contributed by atoms with Crippen molar-refractivity contribution in [2.45, 2.75) is 19.5 Å². The second-order valence-corrected chi connectivity index (χ2v) is 1.62. The summed E-state index contributed by atoms with van der Waals surface area (Å²) in [7, 11) is 0. The smallest absolute Gasteiger partial charge is 0.0760 e. The van der Waals surface area contributed by atoms with Gasteiger partial charge in [0.25, 0.3) is 0 Å². The van der Waals surface area contributed by atoms with Crippen molar-refractivity contribution in [2.24, 2.45) is 17.2 Å². The fourth-order valence-corrected chi connectivity index (χ4v) is 0.465. The standard InChI is InChI=1S/C5H13N3/c1-2-4(3-6)5(7)8/h3,5H,2,6-8H2,1H3/b4-3-. The fraction of sp³-hybridized carbons (Fsp3) is 0.600. The van der Waals surface area contributed by atoms with E-state index in [1.165, 1.54) is 6.20 Å². The van der Waals surface area contributed by atoms with E-state index in [2.05, 4.69) is 0 Å². The Morgan fingerprint density at radius 2 is 2.12 bits per heavy atom. The third kappa shape index (κ3) is 1.95. The SMILES string of the molecule is CC/C(=C/N)C(N)N. The Morgan fingerprint density at radius 1 is 1.62 bits per heavy atom. The van der Waals surface area contributed by atoms with Crippen LogP contribution in [0.3, 0.4) is 0 Å². The van der Waals surface area contributed by atoms with Gasteiger partial charge in [-0.15, -0.1) is 0 Å². The minimum Gasteiger partial charge on any atom is -0.405 e. The largest absolute Gasteiger partial charge is 0.405 e. The molecule has 0 saturated carbocycles. The Bertz CT molecular complexity index is 85.7. The van der Waals surface area contributed by atoms with Gasteiger partial charge < -0.3 is 17.2 Å². The average molecular weight is 115 g/mol. The first kappa shape index (κ1) is 7.46. The third-order valence-electron chi connectivity index (χ3n) is 1.05. The van der Waals surface area contributed by atoms with Gasteiger partial charge in [-0.3, -0.25) is 0 Å². The Balaban J connectivity index is 3.72. The molecule has 0 saturated heterocycles. The molecule has 0 atom stereocenters. The first-order valence-electron chi connectivity index (χ1n) is 2.64. The van der Waals surface area contributed by atoms with E-state index in [1.54, 1.807) is 0 Å². The molecule has 0 aromatic rings. The van der Waals surface area contributed by atoms with Crippen molar-refractivity contribution in [2.75, 3.05) is 0 Å². The van der Waals surface area contributed by atoms with Gasteiger partial charge in [-0.25, -0.2) is 0 Å². The summed E-state index contributed by atoms with van der Waals surface area (Å²) in [6, 6.07) is 0. The molecule has 0 unspecified atom stereocenters. The first-order chi connectivity index (χ1) is 3.72. The Labute approximate surface area is 49.5 Å². The average Bonchev–Trinajstić information content (AvgIpc) is 1.69. The monoisotopic (exact) mass is 115 g/mol. The van der Waals surface area contributed by atoms with E-state index in [-0.39, 0.29) is 6.17 Å². The molecule has 48 valence electrons. The van der Waals surface area contributed by atoms with Crippen molar-refractivity contribution in [1.82, 2.24) is 0 Å². The lowest BCUT2D eigenvalue weighted by Crippen LogP contribution is -2.32. The second kappa shape index (κ2) is 3.46. The molecule has 0 fully saturated rings. The van der Waals surface area contributed by atoms with Crippen LogP contribution in [0.2, 0.25) is 0 Å². The van der Waals surface area contributed by atoms with Gasteiger partial charge in [-0.1, -0.05) is 6.92 Å². The van der Waals surface area contributed by atoms with Crippen LogP contribution < -0.4 is 17.2 Å². The zero-order chi connectivity index (χ0) is 6.57. The molecule has 3 heteroatoms. The van der Waals surface area contributed by atoms with Gasteiger partial charge in [-0.05, 0) is 18.2 Å². The van der Waals surface area contributed by atoms with Crippen LogP contribution in [-0.2, 0) is 0 Å². The van der Waals surface area contributed by atoms with Crippen LogP contribution in [0.15, 0.2) is 11.8 Å². The third-order valence-corrected chi connectivity index (χ3v) is 1.05. The highest BCUT2D eigenvalue weighted by molar-refractivity contribution is 5.04. The van der Waals surface area contributed by atoms with Gasteiger partial charge in [0.15, 0.2) is 0 Å². The molecule has 0 bridgehead atoms. The van der Waals surface area contributed by atoms with Crippen LogP contribution >= 0.6 is 0 Å². The predicted molar refractivity (Wildman–Crippen MR) is 34.7 cm³/mol. The molecule has 0 aliphatic heterocycles. The van der Waals surface area contributed by atoms with E-state index in [0.29, 0.717) is 0 Å². The van der Waals surface area contributed by atoms with Gasteiger partial charge >= 0.3 is 0 Å². The van der Waals surface area contributed by atoms with E-state index in [0.717, 1.165) is 12.0 Å². The maximum Gasteiger partial charge on any atom is 0.0760 e. The molecule has 0 aliphatic rings. The molecule has 0 aromatic heterocycles. The van der Waals surface area contributed by atoms with E-state index in [9.17, 15) is 0 Å². The highest BCUT2D eigenvalue weighted by Gasteiger charge is 1.96. The van der Waals surface area contributed by atoms with Gasteiger partial charge in [0.05, 0.1) is 6.17 Å². The van der Waals surface area contributed by atoms with Crippen molar-refractivity contribution in [3.8, 4) is 0 Å². The summed E-state index contributed by atoms with van der Waals surface area (Å²) in [6.45, 7) is 1.96. The molecule has 3 nitrogen and oxygen atoms in total. The highest BCUT2D eigenvalue weighted by atomic mass is 14.9. The summed E-state index contributed by atoms with van der Waals surface area (Å²) in [6.07, 6.45) is 1.91. The first-order valence-corrected chi connectivity index (χ1v) is 2.64. The Kier molecular flexibility index (Phi) is 3.23. The lowest BCUT2D eigenvalue weighted by Gasteiger charge is -2.05. The summed E-state index contributed by atoms with van der Waals surface area (Å²) in [4.78, 5) is 0. The molecule has 0 radical (unpaired) electrons. The molecule has 0 heterocycles. The summed E-state index contributed by atoms with van der Waals surface area (Å²) in [5.74, 6) is 0. The second-order valence-electron chi connectivity index (χ2n) is 1.62. The Morgan fingerprint density at radius 3 is 2.12 bits per heavy atom. The summed E-state index contributed by atoms with van der Waals surface area (Å²) in [5.41, 5.74) is 16.6. The van der Waals surface area contributed by atoms with Gasteiger partial charge in [-0.2, -0.15) is 0 Å². The predicted octanol–water partition coefficient (Wildman–Crippen LogP) is -0.517. The van der Waals surface area contributed by atoms with Gasteiger partial charge in [0.1, 0.15) is 0 Å². The molecule has 6 N–H and O–H groups in total. The molecular formula is C5H13N3. The van der Waals surface area contributed by atoms with Crippen molar-refractivity contribution < 1.29 is 0 Å². The summed E-state index contributed by atoms with van der Waals surface area (Å²) >= 11 is 0. The zero-order valence-corrected chi connectivity index (χ0v) is 5.09. The maximum absolute atomic E-state index is 5.29. The summed E-state index contributed by atoms with van der Waals surface area (Å²) < 4.78 is 0. The van der Waals surface area contributed by atoms with E-state index < -0.39 is 0 Å². The number of hydrogen-bond donors (Lipinski definition) is 3. The van der Waals surface area contributed by atoms with Crippen LogP contribution in [0.25, 0.3) is 0 Å². The maximum atomic E-state index is 5.29. The molecule has 0 amide bonds. The van der Waals surface area contributed by atoms with E-state index in [1.807, 2.05) is 6.92 Å². The van der Waals surface area contributed by atoms with Crippen molar-refractivity contribution >= 4 is 0 Å². The highest BCUT2D eigenvalue weighted by Crippen LogP contribution is 1.96. The zero-order valence-electron chi connectivity index (χ0n) is 5.09. The summed E-state index contributed by atoms with van der Waals surface area (Å²) in [5, 5.41) is 0. The molecule has 8 heavy (non-hydrogen) atoms. The van der Waals surface area contributed by atoms with Gasteiger partial charge in [0.2, 0.25) is 0 Å². The molecule has 0 aliphatic carbocycles. The lowest BCUT2D eigenvalue weighted by molar-refractivity contribution is 0.775. The molecular weight excluding hydrogens is 102 g/mol. The van der Waals surface area contributed by atoms with Crippen molar-refractivity contribution in [3.05, 3.63) is 11.8 Å². The minimum absolute atomic E-state index is 0.384. The Hall–Kier alpha value is -0.540. The molecule has 0 spiro atoms. The van der Waals surface area contributed by atoms with E-state index in [4.69, 9.17) is 17.2 Å². The normalized spacial score (nSPS) is 12.8. The quantitative estimate of drug-likeness (QED) is 0.424.